The van der Waals surface area contributed by atoms with Crippen LogP contribution in [0.25, 0.3) is 0 Å². The van der Waals surface area contributed by atoms with Gasteiger partial charge in [0, 0.05) is 32.2 Å². The van der Waals surface area contributed by atoms with Crippen molar-refractivity contribution in [1.82, 2.24) is 19.4 Å². The van der Waals surface area contributed by atoms with E-state index in [0.717, 1.165) is 12.8 Å². The molecule has 26 heavy (non-hydrogen) atoms. The Hall–Kier alpha value is -1.75. The quantitative estimate of drug-likeness (QED) is 0.805. The summed E-state index contributed by atoms with van der Waals surface area (Å²) >= 11 is 5.92. The second-order valence-corrected chi connectivity index (χ2v) is 8.78. The van der Waals surface area contributed by atoms with Crippen molar-refractivity contribution < 1.29 is 17.7 Å². The normalized spacial score (nSPS) is 24.2. The average Bonchev–Trinajstić information content (AvgIpc) is 3.18. The molecule has 1 aliphatic heterocycles. The number of nitrogens with zero attached hydrogens (tertiary/aromatic N) is 4. The number of anilines is 1. The first-order chi connectivity index (χ1) is 12.4. The predicted molar refractivity (Wildman–Crippen MR) is 92.0 cm³/mol. The van der Waals surface area contributed by atoms with Crippen molar-refractivity contribution >= 4 is 27.4 Å². The summed E-state index contributed by atoms with van der Waals surface area (Å²) in [5.41, 5.74) is 5.79. The minimum absolute atomic E-state index is 0.113. The van der Waals surface area contributed by atoms with Gasteiger partial charge < -0.3 is 15.0 Å². The van der Waals surface area contributed by atoms with Gasteiger partial charge in [0.05, 0.1) is 11.1 Å². The number of methoxy groups -OCH3 is 1. The van der Waals surface area contributed by atoms with Gasteiger partial charge in [0.1, 0.15) is 16.8 Å². The van der Waals surface area contributed by atoms with Gasteiger partial charge >= 0.3 is 0 Å². The maximum absolute atomic E-state index is 13.2. The molecule has 2 aromatic rings. The lowest BCUT2D eigenvalue weighted by Crippen LogP contribution is -2.33. The fourth-order valence-corrected chi connectivity index (χ4v) is 5.03. The van der Waals surface area contributed by atoms with Crippen LogP contribution in [-0.4, -0.2) is 47.6 Å². The zero-order valence-corrected chi connectivity index (χ0v) is 15.6. The van der Waals surface area contributed by atoms with Crippen LogP contribution >= 0.6 is 11.6 Å². The molecule has 0 bridgehead atoms. The Kier molecular flexibility index (Phi) is 4.38. The minimum Gasteiger partial charge on any atom is -0.383 e. The predicted octanol–water partition coefficient (Wildman–Crippen LogP) is 1.73. The lowest BCUT2D eigenvalue weighted by atomic mass is 10.2. The van der Waals surface area contributed by atoms with Crippen LogP contribution in [0, 0.1) is 0 Å². The highest BCUT2D eigenvalue weighted by Gasteiger charge is 2.45. The van der Waals surface area contributed by atoms with Crippen LogP contribution in [0.3, 0.4) is 0 Å². The van der Waals surface area contributed by atoms with E-state index in [0.29, 0.717) is 18.2 Å². The van der Waals surface area contributed by atoms with Crippen LogP contribution < -0.4 is 5.73 Å². The summed E-state index contributed by atoms with van der Waals surface area (Å²) in [6.07, 6.45) is 3.47. The standard InChI is InChI=1S/C15H18ClN5O4S/c1-24-10-5-11(15-19-14(20-25-15)8-2-3-8)21(7-10)26(22,23)12-4-9(16)6-18-13(12)17/h4,6,8,10-11H,2-3,5,7H2,1H3,(H2,17,18)/t10-,11+/m0/s1. The highest BCUT2D eigenvalue weighted by molar-refractivity contribution is 7.89. The van der Waals surface area contributed by atoms with Gasteiger partial charge in [0.2, 0.25) is 15.9 Å². The molecule has 9 nitrogen and oxygen atoms in total. The molecule has 2 fully saturated rings. The van der Waals surface area contributed by atoms with Crippen molar-refractivity contribution in [2.24, 2.45) is 0 Å². The molecule has 1 saturated heterocycles. The van der Waals surface area contributed by atoms with Crippen LogP contribution in [-0.2, 0) is 14.8 Å². The molecule has 1 saturated carbocycles. The van der Waals surface area contributed by atoms with E-state index in [4.69, 9.17) is 26.6 Å². The first-order valence-electron chi connectivity index (χ1n) is 8.19. The van der Waals surface area contributed by atoms with Crippen molar-refractivity contribution in [3.8, 4) is 0 Å². The Morgan fingerprint density at radius 1 is 1.42 bits per heavy atom. The maximum atomic E-state index is 13.2. The number of aromatic nitrogens is 3. The Morgan fingerprint density at radius 2 is 2.19 bits per heavy atom. The Morgan fingerprint density at radius 3 is 2.88 bits per heavy atom. The van der Waals surface area contributed by atoms with E-state index in [1.165, 1.54) is 23.7 Å². The molecule has 2 atom stereocenters. The fourth-order valence-electron chi connectivity index (χ4n) is 3.08. The number of nitrogen functional groups attached to an aromatic ring is 1. The second kappa shape index (κ2) is 6.45. The Balaban J connectivity index is 1.72. The number of pyridine rings is 1. The molecular weight excluding hydrogens is 382 g/mol. The molecule has 0 radical (unpaired) electrons. The fraction of sp³-hybridized carbons (Fsp3) is 0.533. The van der Waals surface area contributed by atoms with Crippen LogP contribution in [0.4, 0.5) is 5.82 Å². The number of hydrogen-bond donors (Lipinski definition) is 1. The SMILES string of the molecule is CO[C@H]1C[C@H](c2nc(C3CC3)no2)N(S(=O)(=O)c2cc(Cl)cnc2N)C1. The molecule has 3 heterocycles. The van der Waals surface area contributed by atoms with E-state index in [2.05, 4.69) is 15.1 Å². The third kappa shape index (κ3) is 3.07. The largest absolute Gasteiger partial charge is 0.383 e. The van der Waals surface area contributed by atoms with E-state index >= 15 is 0 Å². The van der Waals surface area contributed by atoms with Crippen molar-refractivity contribution in [2.75, 3.05) is 19.4 Å². The number of halogens is 1. The van der Waals surface area contributed by atoms with Gasteiger partial charge in [-0.3, -0.25) is 0 Å². The molecule has 2 N–H and O–H groups in total. The number of nitrogens with two attached hydrogens (primary N) is 1. The molecule has 140 valence electrons. The van der Waals surface area contributed by atoms with Crippen LogP contribution in [0.15, 0.2) is 21.7 Å². The summed E-state index contributed by atoms with van der Waals surface area (Å²) in [6.45, 7) is 0.149. The van der Waals surface area contributed by atoms with Crippen LogP contribution in [0.5, 0.6) is 0 Å². The van der Waals surface area contributed by atoms with Crippen LogP contribution in [0.1, 0.15) is 42.9 Å². The smallest absolute Gasteiger partial charge is 0.247 e. The van der Waals surface area contributed by atoms with Gasteiger partial charge in [-0.25, -0.2) is 13.4 Å². The lowest BCUT2D eigenvalue weighted by molar-refractivity contribution is 0.114. The summed E-state index contributed by atoms with van der Waals surface area (Å²) < 4.78 is 38.4. The van der Waals surface area contributed by atoms with Gasteiger partial charge in [-0.15, -0.1) is 0 Å². The first kappa shape index (κ1) is 17.7. The third-order valence-electron chi connectivity index (χ3n) is 4.67. The van der Waals surface area contributed by atoms with Crippen molar-refractivity contribution in [3.63, 3.8) is 0 Å². The third-order valence-corrected chi connectivity index (χ3v) is 6.78. The van der Waals surface area contributed by atoms with Gasteiger partial charge in [-0.1, -0.05) is 16.8 Å². The van der Waals surface area contributed by atoms with Crippen molar-refractivity contribution in [2.45, 2.75) is 42.2 Å². The molecule has 2 aliphatic rings. The monoisotopic (exact) mass is 399 g/mol. The summed E-state index contributed by atoms with van der Waals surface area (Å²) in [6, 6.07) is 0.670. The molecule has 0 aromatic carbocycles. The van der Waals surface area contributed by atoms with E-state index in [1.807, 2.05) is 0 Å². The molecule has 2 aromatic heterocycles. The molecule has 1 aliphatic carbocycles. The molecular formula is C15H18ClN5O4S. The topological polar surface area (TPSA) is 124 Å². The zero-order valence-electron chi connectivity index (χ0n) is 14.0. The number of sulfonamides is 1. The van der Waals surface area contributed by atoms with E-state index < -0.39 is 16.1 Å². The van der Waals surface area contributed by atoms with Gasteiger partial charge in [0.15, 0.2) is 5.82 Å². The average molecular weight is 400 g/mol. The maximum Gasteiger partial charge on any atom is 0.247 e. The van der Waals surface area contributed by atoms with E-state index in [-0.39, 0.29) is 34.3 Å². The number of rotatable bonds is 5. The molecule has 0 amide bonds. The minimum atomic E-state index is -3.97. The van der Waals surface area contributed by atoms with E-state index in [1.54, 1.807) is 0 Å². The van der Waals surface area contributed by atoms with E-state index in [9.17, 15) is 8.42 Å². The summed E-state index contributed by atoms with van der Waals surface area (Å²) in [5, 5.41) is 4.17. The first-order valence-corrected chi connectivity index (χ1v) is 10.0. The molecule has 11 heteroatoms. The van der Waals surface area contributed by atoms with Gasteiger partial charge in [-0.2, -0.15) is 9.29 Å². The molecule has 0 unspecified atom stereocenters. The number of hydrogen-bond acceptors (Lipinski definition) is 8. The number of ether oxygens (including phenoxy) is 1. The summed E-state index contributed by atoms with van der Waals surface area (Å²) in [4.78, 5) is 8.11. The zero-order chi connectivity index (χ0) is 18.5. The lowest BCUT2D eigenvalue weighted by Gasteiger charge is -2.21. The summed E-state index contributed by atoms with van der Waals surface area (Å²) in [5.74, 6) is 1.09. The highest BCUT2D eigenvalue weighted by atomic mass is 35.5. The van der Waals surface area contributed by atoms with Gasteiger partial charge in [0.25, 0.3) is 0 Å². The van der Waals surface area contributed by atoms with Crippen LogP contribution in [0.2, 0.25) is 5.02 Å². The highest BCUT2D eigenvalue weighted by Crippen LogP contribution is 2.41. The molecule has 4 rings (SSSR count). The van der Waals surface area contributed by atoms with Gasteiger partial charge in [-0.05, 0) is 18.9 Å². The Labute approximate surface area is 155 Å². The second-order valence-electron chi connectivity index (χ2n) is 6.49. The van der Waals surface area contributed by atoms with Crippen molar-refractivity contribution in [3.05, 3.63) is 29.0 Å². The summed E-state index contributed by atoms with van der Waals surface area (Å²) in [7, 11) is -2.44. The Bertz CT molecular complexity index is 930. The van der Waals surface area contributed by atoms with Crippen molar-refractivity contribution in [1.29, 1.82) is 0 Å². The molecule has 0 spiro atoms.